The van der Waals surface area contributed by atoms with Gasteiger partial charge in [-0.1, -0.05) is 182 Å². The second-order valence-corrected chi connectivity index (χ2v) is 14.4. The molecule has 59 heavy (non-hydrogen) atoms. The number of hydrogen-bond acceptors (Lipinski definition) is 5. The highest BCUT2D eigenvalue weighted by Gasteiger charge is 2.20. The van der Waals surface area contributed by atoms with Gasteiger partial charge in [-0.05, 0) is 63.7 Å². The maximum atomic E-state index is 6.02. The Balaban J connectivity index is 1.13. The lowest BCUT2D eigenvalue weighted by atomic mass is 9.88. The first kappa shape index (κ1) is 35.4. The fourth-order valence-electron chi connectivity index (χ4n) is 7.80. The Kier molecular flexibility index (Phi) is 9.29. The van der Waals surface area contributed by atoms with Crippen LogP contribution in [0.25, 0.3) is 101 Å². The number of nitrogens with two attached hydrogens (primary N) is 1. The zero-order valence-electron chi connectivity index (χ0n) is 32.1. The van der Waals surface area contributed by atoms with Crippen LogP contribution in [0.3, 0.4) is 0 Å². The molecule has 0 spiro atoms. The van der Waals surface area contributed by atoms with Crippen LogP contribution in [-0.4, -0.2) is 19.9 Å². The van der Waals surface area contributed by atoms with Crippen molar-refractivity contribution in [2.75, 3.05) is 5.73 Å². The molecular formula is C54H37N5. The van der Waals surface area contributed by atoms with E-state index in [1.54, 1.807) is 0 Å². The zero-order valence-corrected chi connectivity index (χ0v) is 32.1. The van der Waals surface area contributed by atoms with Gasteiger partial charge < -0.3 is 5.73 Å². The molecule has 2 heterocycles. The van der Waals surface area contributed by atoms with E-state index in [2.05, 4.69) is 164 Å². The lowest BCUT2D eigenvalue weighted by molar-refractivity contribution is 1.18. The first-order chi connectivity index (χ1) is 29.2. The SMILES string of the molecule is Nc1ccc(-c2cccc(-c3cc(-c4ccccc4-c4ccccc4-c4ccccc4-c4nc(-c5ccccc5)c5ccccc5n4)nc(-c4ccccc4)n3)c2)cc1. The van der Waals surface area contributed by atoms with Gasteiger partial charge in [0.15, 0.2) is 11.6 Å². The molecule has 10 rings (SSSR count). The molecule has 278 valence electrons. The maximum absolute atomic E-state index is 6.02. The van der Waals surface area contributed by atoms with Gasteiger partial charge in [-0.15, -0.1) is 0 Å². The number of hydrogen-bond donors (Lipinski definition) is 1. The highest BCUT2D eigenvalue weighted by Crippen LogP contribution is 2.42. The number of rotatable bonds is 8. The first-order valence-corrected chi connectivity index (χ1v) is 19.7. The second kappa shape index (κ2) is 15.5. The summed E-state index contributed by atoms with van der Waals surface area (Å²) in [6.07, 6.45) is 0. The summed E-state index contributed by atoms with van der Waals surface area (Å²) >= 11 is 0. The Hall–Kier alpha value is -8.02. The summed E-state index contributed by atoms with van der Waals surface area (Å²) in [7, 11) is 0. The summed E-state index contributed by atoms with van der Waals surface area (Å²) < 4.78 is 0. The van der Waals surface area contributed by atoms with Crippen molar-refractivity contribution < 1.29 is 0 Å². The molecule has 0 bridgehead atoms. The molecule has 0 atom stereocenters. The largest absolute Gasteiger partial charge is 0.399 e. The third-order valence-electron chi connectivity index (χ3n) is 10.7. The van der Waals surface area contributed by atoms with E-state index in [1.165, 1.54) is 0 Å². The van der Waals surface area contributed by atoms with Gasteiger partial charge in [-0.3, -0.25) is 0 Å². The minimum absolute atomic E-state index is 0.659. The maximum Gasteiger partial charge on any atom is 0.161 e. The molecule has 0 amide bonds. The summed E-state index contributed by atoms with van der Waals surface area (Å²) in [5.74, 6) is 1.34. The van der Waals surface area contributed by atoms with Crippen molar-refractivity contribution in [1.82, 2.24) is 19.9 Å². The van der Waals surface area contributed by atoms with Crippen LogP contribution in [0.2, 0.25) is 0 Å². The molecule has 10 aromatic rings. The van der Waals surface area contributed by atoms with Crippen molar-refractivity contribution in [3.63, 3.8) is 0 Å². The van der Waals surface area contributed by atoms with E-state index in [0.717, 1.165) is 94.9 Å². The number of fused-ring (bicyclic) bond motifs is 1. The van der Waals surface area contributed by atoms with Crippen LogP contribution < -0.4 is 5.73 Å². The molecule has 0 radical (unpaired) electrons. The Morgan fingerprint density at radius 2 is 0.797 bits per heavy atom. The van der Waals surface area contributed by atoms with Gasteiger partial charge in [-0.25, -0.2) is 19.9 Å². The molecule has 0 aliphatic rings. The van der Waals surface area contributed by atoms with Gasteiger partial charge in [0, 0.05) is 38.9 Å². The summed E-state index contributed by atoms with van der Waals surface area (Å²) in [6.45, 7) is 0. The number of nitrogen functional groups attached to an aromatic ring is 1. The molecular weight excluding hydrogens is 719 g/mol. The standard InChI is InChI=1S/C54H37N5/c55-41-32-30-36(31-33-41)39-20-15-21-40(34-39)50-35-51(58-53(57-50)38-18-5-2-6-19-38)46-26-11-9-24-44(46)42-22-7-8-23-43(42)45-25-10-12-27-47(45)54-56-49-29-14-13-28-48(49)52(59-54)37-16-3-1-4-17-37/h1-35H,55H2. The van der Waals surface area contributed by atoms with Crippen molar-refractivity contribution in [2.45, 2.75) is 0 Å². The average Bonchev–Trinajstić information content (AvgIpc) is 3.32. The van der Waals surface area contributed by atoms with Crippen molar-refractivity contribution in [1.29, 1.82) is 0 Å². The van der Waals surface area contributed by atoms with E-state index in [9.17, 15) is 0 Å². The Bertz CT molecular complexity index is 3110. The molecule has 0 saturated heterocycles. The predicted octanol–water partition coefficient (Wildman–Crippen LogP) is 13.3. The fraction of sp³-hybridized carbons (Fsp3) is 0. The Morgan fingerprint density at radius 1 is 0.288 bits per heavy atom. The third kappa shape index (κ3) is 7.02. The smallest absolute Gasteiger partial charge is 0.161 e. The summed E-state index contributed by atoms with van der Waals surface area (Å²) in [5.41, 5.74) is 21.6. The van der Waals surface area contributed by atoms with Crippen LogP contribution in [0.4, 0.5) is 5.69 Å². The topological polar surface area (TPSA) is 77.6 Å². The molecule has 2 aromatic heterocycles. The van der Waals surface area contributed by atoms with E-state index >= 15 is 0 Å². The van der Waals surface area contributed by atoms with Gasteiger partial charge in [0.05, 0.1) is 22.6 Å². The monoisotopic (exact) mass is 755 g/mol. The summed E-state index contributed by atoms with van der Waals surface area (Å²) in [4.78, 5) is 20.9. The number of aromatic nitrogens is 4. The van der Waals surface area contributed by atoms with Gasteiger partial charge in [0.25, 0.3) is 0 Å². The molecule has 0 aliphatic heterocycles. The lowest BCUT2D eigenvalue weighted by Crippen LogP contribution is -1.98. The normalized spacial score (nSPS) is 11.1. The molecule has 0 fully saturated rings. The van der Waals surface area contributed by atoms with Crippen molar-refractivity contribution in [2.24, 2.45) is 0 Å². The molecule has 2 N–H and O–H groups in total. The average molecular weight is 756 g/mol. The predicted molar refractivity (Wildman–Crippen MR) is 243 cm³/mol. The molecule has 0 saturated carbocycles. The number of anilines is 1. The minimum Gasteiger partial charge on any atom is -0.399 e. The van der Waals surface area contributed by atoms with Crippen LogP contribution >= 0.6 is 0 Å². The number of nitrogens with zero attached hydrogens (tertiary/aromatic N) is 4. The molecule has 5 heteroatoms. The highest BCUT2D eigenvalue weighted by molar-refractivity contribution is 5.98. The van der Waals surface area contributed by atoms with Crippen LogP contribution in [0.1, 0.15) is 0 Å². The van der Waals surface area contributed by atoms with E-state index in [-0.39, 0.29) is 0 Å². The molecule has 0 aliphatic carbocycles. The zero-order chi connectivity index (χ0) is 39.5. The molecule has 0 unspecified atom stereocenters. The molecule has 5 nitrogen and oxygen atoms in total. The van der Waals surface area contributed by atoms with Gasteiger partial charge in [-0.2, -0.15) is 0 Å². The first-order valence-electron chi connectivity index (χ1n) is 19.7. The van der Waals surface area contributed by atoms with E-state index in [0.29, 0.717) is 11.6 Å². The quantitative estimate of drug-likeness (QED) is 0.156. The van der Waals surface area contributed by atoms with Crippen molar-refractivity contribution >= 4 is 16.6 Å². The van der Waals surface area contributed by atoms with Gasteiger partial charge in [0.1, 0.15) is 0 Å². The fourth-order valence-corrected chi connectivity index (χ4v) is 7.80. The van der Waals surface area contributed by atoms with Crippen LogP contribution in [-0.2, 0) is 0 Å². The lowest BCUT2D eigenvalue weighted by Gasteiger charge is -2.18. The highest BCUT2D eigenvalue weighted by atomic mass is 14.9. The third-order valence-corrected chi connectivity index (χ3v) is 10.7. The Morgan fingerprint density at radius 3 is 1.49 bits per heavy atom. The minimum atomic E-state index is 0.659. The summed E-state index contributed by atoms with van der Waals surface area (Å²) in [5, 5.41) is 1.02. The van der Waals surface area contributed by atoms with Crippen molar-refractivity contribution in [3.8, 4) is 89.9 Å². The van der Waals surface area contributed by atoms with Crippen molar-refractivity contribution in [3.05, 3.63) is 212 Å². The van der Waals surface area contributed by atoms with Crippen LogP contribution in [0, 0.1) is 0 Å². The Labute approximate surface area is 343 Å². The molecule has 8 aromatic carbocycles. The van der Waals surface area contributed by atoms with E-state index < -0.39 is 0 Å². The van der Waals surface area contributed by atoms with Crippen LogP contribution in [0.15, 0.2) is 212 Å². The second-order valence-electron chi connectivity index (χ2n) is 14.4. The van der Waals surface area contributed by atoms with E-state index in [4.69, 9.17) is 25.7 Å². The van der Waals surface area contributed by atoms with Gasteiger partial charge in [0.2, 0.25) is 0 Å². The van der Waals surface area contributed by atoms with Crippen LogP contribution in [0.5, 0.6) is 0 Å². The van der Waals surface area contributed by atoms with Gasteiger partial charge >= 0.3 is 0 Å². The number of benzene rings is 8. The number of para-hydroxylation sites is 1. The summed E-state index contributed by atoms with van der Waals surface area (Å²) in [6, 6.07) is 72.8. The van der Waals surface area contributed by atoms with E-state index in [1.807, 2.05) is 48.5 Å².